The van der Waals surface area contributed by atoms with Crippen molar-refractivity contribution >= 4 is 7.05 Å². The van der Waals surface area contributed by atoms with Crippen LogP contribution in [0.3, 0.4) is 0 Å². The topological polar surface area (TPSA) is 52.9 Å². The maximum Gasteiger partial charge on any atom is 0.376 e. The van der Waals surface area contributed by atoms with Crippen molar-refractivity contribution in [2.45, 2.75) is 26.3 Å². The number of piperidine rings is 1. The Kier molecular flexibility index (Phi) is 5.05. The summed E-state index contributed by atoms with van der Waals surface area (Å²) in [7, 11) is 1.21. The first-order valence-corrected chi connectivity index (χ1v) is 5.69. The number of ether oxygens (including phenoxy) is 1. The van der Waals surface area contributed by atoms with Gasteiger partial charge in [-0.15, -0.1) is 0 Å². The van der Waals surface area contributed by atoms with E-state index in [2.05, 4.69) is 6.92 Å². The van der Waals surface area contributed by atoms with E-state index < -0.39 is 7.05 Å². The zero-order valence-electron chi connectivity index (χ0n) is 9.89. The van der Waals surface area contributed by atoms with Crippen molar-refractivity contribution in [2.24, 2.45) is 11.8 Å². The number of hydrogen-bond acceptors (Lipinski definition) is 4. The van der Waals surface area contributed by atoms with Crippen LogP contribution >= 0.6 is 0 Å². The lowest BCUT2D eigenvalue weighted by molar-refractivity contribution is -0.0333. The molecule has 1 fully saturated rings. The summed E-state index contributed by atoms with van der Waals surface area (Å²) in [4.78, 5) is 2.00. The summed E-state index contributed by atoms with van der Waals surface area (Å²) in [5.41, 5.74) is 0. The number of aliphatic hydroxyl groups is 1. The van der Waals surface area contributed by atoms with E-state index in [4.69, 9.17) is 4.74 Å². The molecule has 0 amide bonds. The van der Waals surface area contributed by atoms with Gasteiger partial charge in [-0.1, -0.05) is 6.92 Å². The van der Waals surface area contributed by atoms with Crippen molar-refractivity contribution < 1.29 is 14.9 Å². The van der Waals surface area contributed by atoms with Crippen LogP contribution in [0.1, 0.15) is 13.3 Å². The minimum absolute atomic E-state index is 0.114. The van der Waals surface area contributed by atoms with Crippen molar-refractivity contribution in [3.05, 3.63) is 0 Å². The number of rotatable bonds is 4. The number of hydrogen-bond donors (Lipinski definition) is 2. The normalized spacial score (nSPS) is 33.0. The zero-order valence-corrected chi connectivity index (χ0v) is 9.89. The molecule has 0 aromatic rings. The van der Waals surface area contributed by atoms with Crippen LogP contribution in [-0.2, 0) is 4.74 Å². The van der Waals surface area contributed by atoms with Gasteiger partial charge in [0.1, 0.15) is 0 Å². The fourth-order valence-electron chi connectivity index (χ4n) is 2.32. The average molecular weight is 215 g/mol. The third-order valence-electron chi connectivity index (χ3n) is 3.34. The Balaban J connectivity index is 2.62. The fraction of sp³-hybridized carbons (Fsp3) is 1.00. The molecule has 0 aliphatic carbocycles. The van der Waals surface area contributed by atoms with Crippen LogP contribution in [0.5, 0.6) is 0 Å². The summed E-state index contributed by atoms with van der Waals surface area (Å²) in [6.07, 6.45) is 0.634. The van der Waals surface area contributed by atoms with E-state index in [1.165, 1.54) is 0 Å². The smallest absolute Gasteiger partial charge is 0.376 e. The van der Waals surface area contributed by atoms with E-state index >= 15 is 0 Å². The Bertz CT molecular complexity index is 192. The SMILES string of the molecule is CC[C@@H]1CN(B(C)O)C[C@H](COC)[C@H]1O. The second-order valence-electron chi connectivity index (χ2n) is 4.46. The van der Waals surface area contributed by atoms with Crippen LogP contribution in [0.2, 0.25) is 6.82 Å². The third kappa shape index (κ3) is 3.18. The predicted molar refractivity (Wildman–Crippen MR) is 60.6 cm³/mol. The molecule has 0 unspecified atom stereocenters. The van der Waals surface area contributed by atoms with E-state index in [0.29, 0.717) is 13.2 Å². The molecule has 3 atom stereocenters. The molecule has 0 bridgehead atoms. The molecular weight excluding hydrogens is 193 g/mol. The first-order chi connectivity index (χ1) is 7.10. The van der Waals surface area contributed by atoms with Crippen LogP contribution in [0.4, 0.5) is 0 Å². The van der Waals surface area contributed by atoms with Gasteiger partial charge >= 0.3 is 7.05 Å². The number of methoxy groups -OCH3 is 1. The van der Waals surface area contributed by atoms with Crippen LogP contribution in [0.25, 0.3) is 0 Å². The molecule has 4 nitrogen and oxygen atoms in total. The third-order valence-corrected chi connectivity index (χ3v) is 3.34. The summed E-state index contributed by atoms with van der Waals surface area (Å²) < 4.78 is 5.10. The number of aliphatic hydroxyl groups excluding tert-OH is 1. The average Bonchev–Trinajstić information content (AvgIpc) is 2.21. The summed E-state index contributed by atoms with van der Waals surface area (Å²) in [6.45, 7) is 5.89. The molecule has 5 heteroatoms. The molecule has 88 valence electrons. The highest BCUT2D eigenvalue weighted by atomic mass is 16.5. The molecule has 1 aliphatic rings. The second-order valence-corrected chi connectivity index (χ2v) is 4.46. The van der Waals surface area contributed by atoms with E-state index in [9.17, 15) is 10.1 Å². The van der Waals surface area contributed by atoms with E-state index in [1.54, 1.807) is 13.9 Å². The molecule has 1 rings (SSSR count). The van der Waals surface area contributed by atoms with Gasteiger partial charge in [0.25, 0.3) is 0 Å². The van der Waals surface area contributed by atoms with Gasteiger partial charge in [-0.05, 0) is 32.3 Å². The van der Waals surface area contributed by atoms with Gasteiger partial charge < -0.3 is 19.7 Å². The lowest BCUT2D eigenvalue weighted by atomic mass is 9.76. The number of nitrogens with zero attached hydrogens (tertiary/aromatic N) is 1. The van der Waals surface area contributed by atoms with Crippen molar-refractivity contribution in [1.82, 2.24) is 4.81 Å². The Morgan fingerprint density at radius 1 is 1.40 bits per heavy atom. The maximum atomic E-state index is 10.1. The molecule has 0 aromatic heterocycles. The Morgan fingerprint density at radius 3 is 2.47 bits per heavy atom. The summed E-state index contributed by atoms with van der Waals surface area (Å²) in [5.74, 6) is 0.358. The van der Waals surface area contributed by atoms with Gasteiger partial charge in [0.2, 0.25) is 0 Å². The largest absolute Gasteiger partial charge is 0.437 e. The van der Waals surface area contributed by atoms with Crippen molar-refractivity contribution in [1.29, 1.82) is 0 Å². The Hall–Kier alpha value is -0.0951. The molecule has 1 aliphatic heterocycles. The van der Waals surface area contributed by atoms with E-state index in [1.807, 2.05) is 4.81 Å². The van der Waals surface area contributed by atoms with E-state index in [0.717, 1.165) is 13.0 Å². The summed E-state index contributed by atoms with van der Waals surface area (Å²) in [5, 5.41) is 19.6. The first-order valence-electron chi connectivity index (χ1n) is 5.69. The molecule has 2 N–H and O–H groups in total. The first kappa shape index (κ1) is 13.0. The minimum Gasteiger partial charge on any atom is -0.437 e. The maximum absolute atomic E-state index is 10.1. The molecule has 0 aromatic carbocycles. The van der Waals surface area contributed by atoms with Gasteiger partial charge in [-0.25, -0.2) is 0 Å². The second kappa shape index (κ2) is 5.84. The highest BCUT2D eigenvalue weighted by Gasteiger charge is 2.36. The zero-order chi connectivity index (χ0) is 11.4. The van der Waals surface area contributed by atoms with Crippen molar-refractivity contribution in [2.75, 3.05) is 26.8 Å². The summed E-state index contributed by atoms with van der Waals surface area (Å²) in [6, 6.07) is 0. The Morgan fingerprint density at radius 2 is 2.00 bits per heavy atom. The molecule has 0 saturated carbocycles. The van der Waals surface area contributed by atoms with E-state index in [-0.39, 0.29) is 17.9 Å². The highest BCUT2D eigenvalue weighted by Crippen LogP contribution is 2.25. The van der Waals surface area contributed by atoms with Crippen LogP contribution in [0, 0.1) is 11.8 Å². The monoisotopic (exact) mass is 215 g/mol. The van der Waals surface area contributed by atoms with Crippen molar-refractivity contribution in [3.8, 4) is 0 Å². The van der Waals surface area contributed by atoms with Crippen LogP contribution < -0.4 is 0 Å². The lowest BCUT2D eigenvalue weighted by Crippen LogP contribution is -2.54. The molecule has 0 radical (unpaired) electrons. The quantitative estimate of drug-likeness (QED) is 0.651. The molecule has 15 heavy (non-hydrogen) atoms. The fourth-order valence-corrected chi connectivity index (χ4v) is 2.32. The van der Waals surface area contributed by atoms with Gasteiger partial charge in [-0.2, -0.15) is 0 Å². The van der Waals surface area contributed by atoms with Crippen molar-refractivity contribution in [3.63, 3.8) is 0 Å². The molecule has 1 heterocycles. The molecule has 0 spiro atoms. The van der Waals surface area contributed by atoms with Gasteiger partial charge in [0, 0.05) is 13.0 Å². The van der Waals surface area contributed by atoms with Gasteiger partial charge in [-0.3, -0.25) is 0 Å². The standard InChI is InChI=1S/C10H22BNO3/c1-4-8-5-12(11(2)14)6-9(7-15-3)10(8)13/h8-10,13-14H,4-7H2,1-3H3/t8-,9-,10+/m1/s1. The van der Waals surface area contributed by atoms with Crippen LogP contribution in [0.15, 0.2) is 0 Å². The lowest BCUT2D eigenvalue weighted by Gasteiger charge is -2.41. The van der Waals surface area contributed by atoms with Gasteiger partial charge in [0.05, 0.1) is 12.7 Å². The summed E-state index contributed by atoms with van der Waals surface area (Å²) >= 11 is 0. The van der Waals surface area contributed by atoms with Gasteiger partial charge in [0.15, 0.2) is 0 Å². The molecular formula is C10H22BNO3. The van der Waals surface area contributed by atoms with Crippen LogP contribution in [-0.4, -0.2) is 54.9 Å². The highest BCUT2D eigenvalue weighted by molar-refractivity contribution is 6.45. The minimum atomic E-state index is -0.439. The predicted octanol–water partition coefficient (Wildman–Crippen LogP) is 0.0620. The molecule has 1 saturated heterocycles. The Labute approximate surface area is 92.4 Å².